The Bertz CT molecular complexity index is 677. The van der Waals surface area contributed by atoms with Crippen LogP contribution in [0.5, 0.6) is 0 Å². The molecule has 2 rings (SSSR count). The second kappa shape index (κ2) is 10.4. The zero-order valence-electron chi connectivity index (χ0n) is 14.1. The number of rotatable bonds is 7. The molecule has 0 aliphatic heterocycles. The van der Waals surface area contributed by atoms with Gasteiger partial charge in [-0.05, 0) is 36.2 Å². The standard InChI is InChI=1S/C18H22N4O2.ClH/c1-2-4-16(19)18(24)21-11-13-6-8-14(9-7-13)17(23)22-15-5-3-10-20-12-15;/h3,5-10,12,16H,2,4,11,19H2,1H3,(H,21,24)(H,22,23);1H. The number of carbonyl (C=O) groups excluding carboxylic acids is 2. The molecule has 6 nitrogen and oxygen atoms in total. The number of benzene rings is 1. The minimum Gasteiger partial charge on any atom is -0.351 e. The van der Waals surface area contributed by atoms with Gasteiger partial charge in [0, 0.05) is 18.3 Å². The Morgan fingerprint density at radius 2 is 1.92 bits per heavy atom. The molecule has 0 spiro atoms. The predicted molar refractivity (Wildman–Crippen MR) is 101 cm³/mol. The van der Waals surface area contributed by atoms with Crippen molar-refractivity contribution in [1.29, 1.82) is 0 Å². The van der Waals surface area contributed by atoms with Gasteiger partial charge in [-0.1, -0.05) is 25.5 Å². The van der Waals surface area contributed by atoms with Crippen LogP contribution in [0.4, 0.5) is 5.69 Å². The van der Waals surface area contributed by atoms with E-state index in [2.05, 4.69) is 15.6 Å². The van der Waals surface area contributed by atoms with Crippen LogP contribution in [0.1, 0.15) is 35.7 Å². The number of carbonyl (C=O) groups is 2. The highest BCUT2D eigenvalue weighted by Gasteiger charge is 2.11. The Labute approximate surface area is 153 Å². The van der Waals surface area contributed by atoms with Gasteiger partial charge in [0.1, 0.15) is 0 Å². The third-order valence-corrected chi connectivity index (χ3v) is 3.54. The number of aromatic nitrogens is 1. The summed E-state index contributed by atoms with van der Waals surface area (Å²) < 4.78 is 0. The van der Waals surface area contributed by atoms with E-state index in [1.165, 1.54) is 0 Å². The summed E-state index contributed by atoms with van der Waals surface area (Å²) in [4.78, 5) is 27.9. The van der Waals surface area contributed by atoms with Gasteiger partial charge in [-0.15, -0.1) is 12.4 Å². The molecule has 25 heavy (non-hydrogen) atoms. The highest BCUT2D eigenvalue weighted by atomic mass is 35.5. The molecule has 2 aromatic rings. The number of hydrogen-bond acceptors (Lipinski definition) is 4. The zero-order valence-corrected chi connectivity index (χ0v) is 14.9. The van der Waals surface area contributed by atoms with Crippen LogP contribution in [0, 0.1) is 0 Å². The van der Waals surface area contributed by atoms with Crippen molar-refractivity contribution in [2.45, 2.75) is 32.4 Å². The molecule has 1 atom stereocenters. The molecule has 1 heterocycles. The monoisotopic (exact) mass is 362 g/mol. The number of halogens is 1. The average Bonchev–Trinajstić information content (AvgIpc) is 2.61. The van der Waals surface area contributed by atoms with Gasteiger partial charge in [0.05, 0.1) is 17.9 Å². The second-order valence-electron chi connectivity index (χ2n) is 5.51. The fourth-order valence-corrected chi connectivity index (χ4v) is 2.18. The lowest BCUT2D eigenvalue weighted by molar-refractivity contribution is -0.122. The number of pyridine rings is 1. The molecule has 134 valence electrons. The molecule has 4 N–H and O–H groups in total. The molecule has 0 radical (unpaired) electrons. The lowest BCUT2D eigenvalue weighted by atomic mass is 10.1. The van der Waals surface area contributed by atoms with Gasteiger partial charge in [-0.3, -0.25) is 14.6 Å². The summed E-state index contributed by atoms with van der Waals surface area (Å²) in [6, 6.07) is 10.1. The molecule has 0 saturated carbocycles. The largest absolute Gasteiger partial charge is 0.351 e. The van der Waals surface area contributed by atoms with Crippen LogP contribution in [0.15, 0.2) is 48.8 Å². The number of nitrogens with one attached hydrogen (secondary N) is 2. The molecule has 1 unspecified atom stereocenters. The van der Waals surface area contributed by atoms with E-state index >= 15 is 0 Å². The average molecular weight is 363 g/mol. The third-order valence-electron chi connectivity index (χ3n) is 3.54. The lowest BCUT2D eigenvalue weighted by Crippen LogP contribution is -2.40. The molecule has 0 bridgehead atoms. The maximum atomic E-state index is 12.1. The van der Waals surface area contributed by atoms with Crippen molar-refractivity contribution in [3.63, 3.8) is 0 Å². The Morgan fingerprint density at radius 1 is 1.20 bits per heavy atom. The lowest BCUT2D eigenvalue weighted by Gasteiger charge is -2.11. The molecule has 1 aromatic carbocycles. The van der Waals surface area contributed by atoms with Crippen molar-refractivity contribution >= 4 is 29.9 Å². The molecule has 0 fully saturated rings. The van der Waals surface area contributed by atoms with E-state index in [0.717, 1.165) is 12.0 Å². The van der Waals surface area contributed by atoms with Crippen LogP contribution in [-0.2, 0) is 11.3 Å². The summed E-state index contributed by atoms with van der Waals surface area (Å²) in [5, 5.41) is 5.57. The molecular formula is C18H23ClN4O2. The Balaban J connectivity index is 0.00000312. The zero-order chi connectivity index (χ0) is 17.4. The molecule has 0 saturated heterocycles. The van der Waals surface area contributed by atoms with E-state index in [1.54, 1.807) is 36.7 Å². The van der Waals surface area contributed by atoms with Crippen molar-refractivity contribution < 1.29 is 9.59 Å². The van der Waals surface area contributed by atoms with E-state index in [0.29, 0.717) is 24.2 Å². The number of nitrogens with two attached hydrogens (primary N) is 1. The highest BCUT2D eigenvalue weighted by molar-refractivity contribution is 6.04. The smallest absolute Gasteiger partial charge is 0.255 e. The fourth-order valence-electron chi connectivity index (χ4n) is 2.18. The fraction of sp³-hybridized carbons (Fsp3) is 0.278. The van der Waals surface area contributed by atoms with Gasteiger partial charge < -0.3 is 16.4 Å². The van der Waals surface area contributed by atoms with Crippen molar-refractivity contribution in [1.82, 2.24) is 10.3 Å². The van der Waals surface area contributed by atoms with Crippen molar-refractivity contribution in [2.24, 2.45) is 5.73 Å². The van der Waals surface area contributed by atoms with Crippen LogP contribution < -0.4 is 16.4 Å². The summed E-state index contributed by atoms with van der Waals surface area (Å²) in [5.41, 5.74) is 7.85. The maximum Gasteiger partial charge on any atom is 0.255 e. The van der Waals surface area contributed by atoms with Gasteiger partial charge in [0.15, 0.2) is 0 Å². The molecular weight excluding hydrogens is 340 g/mol. The second-order valence-corrected chi connectivity index (χ2v) is 5.51. The summed E-state index contributed by atoms with van der Waals surface area (Å²) in [6.45, 7) is 2.38. The van der Waals surface area contributed by atoms with Crippen molar-refractivity contribution in [3.05, 3.63) is 59.9 Å². The van der Waals surface area contributed by atoms with Crippen LogP contribution in [0.25, 0.3) is 0 Å². The summed E-state index contributed by atoms with van der Waals surface area (Å²) >= 11 is 0. The molecule has 0 aliphatic rings. The number of nitrogens with zero attached hydrogens (tertiary/aromatic N) is 1. The molecule has 1 aromatic heterocycles. The quantitative estimate of drug-likeness (QED) is 0.704. The number of anilines is 1. The van der Waals surface area contributed by atoms with Crippen LogP contribution in [0.2, 0.25) is 0 Å². The maximum absolute atomic E-state index is 12.1. The van der Waals surface area contributed by atoms with Gasteiger partial charge in [0.25, 0.3) is 5.91 Å². The van der Waals surface area contributed by atoms with E-state index < -0.39 is 6.04 Å². The first-order valence-electron chi connectivity index (χ1n) is 7.93. The summed E-state index contributed by atoms with van der Waals surface area (Å²) in [5.74, 6) is -0.362. The van der Waals surface area contributed by atoms with Gasteiger partial charge in [0.2, 0.25) is 5.91 Å². The Morgan fingerprint density at radius 3 is 2.52 bits per heavy atom. The van der Waals surface area contributed by atoms with E-state index in [1.807, 2.05) is 19.1 Å². The van der Waals surface area contributed by atoms with Crippen molar-refractivity contribution in [3.8, 4) is 0 Å². The first-order chi connectivity index (χ1) is 11.6. The Kier molecular flexibility index (Phi) is 8.60. The molecule has 2 amide bonds. The summed E-state index contributed by atoms with van der Waals surface area (Å²) in [7, 11) is 0. The predicted octanol–water partition coefficient (Wildman–Crippen LogP) is 2.50. The number of hydrogen-bond donors (Lipinski definition) is 3. The third kappa shape index (κ3) is 6.52. The van der Waals surface area contributed by atoms with Crippen LogP contribution >= 0.6 is 12.4 Å². The molecule has 7 heteroatoms. The van der Waals surface area contributed by atoms with Crippen LogP contribution in [-0.4, -0.2) is 22.8 Å². The van der Waals surface area contributed by atoms with Gasteiger partial charge in [-0.25, -0.2) is 0 Å². The highest BCUT2D eigenvalue weighted by Crippen LogP contribution is 2.09. The minimum absolute atomic E-state index is 0. The summed E-state index contributed by atoms with van der Waals surface area (Å²) in [6.07, 6.45) is 4.76. The Hall–Kier alpha value is -2.44. The van der Waals surface area contributed by atoms with Crippen molar-refractivity contribution in [2.75, 3.05) is 5.32 Å². The first-order valence-corrected chi connectivity index (χ1v) is 7.93. The number of amides is 2. The van der Waals surface area contributed by atoms with Crippen LogP contribution in [0.3, 0.4) is 0 Å². The SMILES string of the molecule is CCCC(N)C(=O)NCc1ccc(C(=O)Nc2cccnc2)cc1.Cl. The topological polar surface area (TPSA) is 97.1 Å². The van der Waals surface area contributed by atoms with E-state index in [4.69, 9.17) is 5.73 Å². The molecule has 0 aliphatic carbocycles. The normalized spacial score (nSPS) is 11.1. The van der Waals surface area contributed by atoms with E-state index in [9.17, 15) is 9.59 Å². The van der Waals surface area contributed by atoms with E-state index in [-0.39, 0.29) is 24.2 Å². The first kappa shape index (κ1) is 20.6. The van der Waals surface area contributed by atoms with Gasteiger partial charge >= 0.3 is 0 Å². The van der Waals surface area contributed by atoms with Gasteiger partial charge in [-0.2, -0.15) is 0 Å². The minimum atomic E-state index is -0.473.